The lowest BCUT2D eigenvalue weighted by atomic mass is 10.0. The molecular weight excluding hydrogens is 274 g/mol. The Morgan fingerprint density at radius 1 is 1.32 bits per heavy atom. The van der Waals surface area contributed by atoms with E-state index in [0.29, 0.717) is 5.92 Å². The van der Waals surface area contributed by atoms with Crippen LogP contribution in [0, 0.1) is 6.92 Å². The molecule has 1 aliphatic heterocycles. The number of para-hydroxylation sites is 1. The second kappa shape index (κ2) is 6.53. The average Bonchev–Trinajstić information content (AvgIpc) is 2.87. The molecule has 1 aliphatic rings. The third-order valence-electron chi connectivity index (χ3n) is 4.24. The maximum Gasteiger partial charge on any atom is 0.122 e. The number of rotatable bonds is 5. The lowest BCUT2D eigenvalue weighted by Gasteiger charge is -2.26. The first-order valence-corrected chi connectivity index (χ1v) is 8.12. The van der Waals surface area contributed by atoms with Crippen molar-refractivity contribution in [3.63, 3.8) is 0 Å². The molecule has 1 aromatic carbocycles. The molecule has 0 atom stereocenters. The Labute approximate surface area is 132 Å². The first-order chi connectivity index (χ1) is 10.6. The van der Waals surface area contributed by atoms with Gasteiger partial charge in [-0.25, -0.2) is 4.98 Å². The van der Waals surface area contributed by atoms with Gasteiger partial charge in [-0.05, 0) is 24.5 Å². The number of nitrogens with one attached hydrogen (secondary N) is 1. The lowest BCUT2D eigenvalue weighted by Crippen LogP contribution is -2.34. The molecule has 0 aliphatic carbocycles. The van der Waals surface area contributed by atoms with E-state index in [1.54, 1.807) is 0 Å². The quantitative estimate of drug-likeness (QED) is 0.921. The minimum absolute atomic E-state index is 0.488. The number of fused-ring (bicyclic) bond motifs is 1. The van der Waals surface area contributed by atoms with Gasteiger partial charge in [-0.2, -0.15) is 0 Å². The summed E-state index contributed by atoms with van der Waals surface area (Å²) in [5.74, 6) is 2.53. The Hall–Kier alpha value is -1.81. The van der Waals surface area contributed by atoms with E-state index < -0.39 is 0 Å². The number of nitrogens with zero attached hydrogens (tertiary/aromatic N) is 2. The first kappa shape index (κ1) is 15.1. The molecule has 0 unspecified atom stereocenters. The van der Waals surface area contributed by atoms with Gasteiger partial charge in [-0.15, -0.1) is 0 Å². The molecule has 0 saturated carbocycles. The summed E-state index contributed by atoms with van der Waals surface area (Å²) >= 11 is 0. The van der Waals surface area contributed by atoms with Gasteiger partial charge in [0.25, 0.3) is 0 Å². The summed E-state index contributed by atoms with van der Waals surface area (Å²) < 4.78 is 6.03. The molecule has 1 N–H and O–H groups in total. The van der Waals surface area contributed by atoms with Gasteiger partial charge in [-0.1, -0.05) is 32.0 Å². The van der Waals surface area contributed by atoms with Crippen molar-refractivity contribution in [1.29, 1.82) is 0 Å². The van der Waals surface area contributed by atoms with Gasteiger partial charge in [0.05, 0.1) is 11.4 Å². The number of hydrogen-bond acceptors (Lipinski definition) is 3. The Morgan fingerprint density at radius 3 is 2.95 bits per heavy atom. The molecule has 3 rings (SSSR count). The highest BCUT2D eigenvalue weighted by atomic mass is 16.5. The lowest BCUT2D eigenvalue weighted by molar-refractivity contribution is 0.193. The SMILES string of the molecule is Cc1nc2c([nH]1)CN(CCOc1ccccc1C(C)C)CC2. The number of aromatic nitrogens is 2. The molecule has 2 aromatic rings. The van der Waals surface area contributed by atoms with Gasteiger partial charge < -0.3 is 9.72 Å². The fraction of sp³-hybridized carbons (Fsp3) is 0.500. The van der Waals surface area contributed by atoms with E-state index in [9.17, 15) is 0 Å². The van der Waals surface area contributed by atoms with Gasteiger partial charge >= 0.3 is 0 Å². The molecule has 0 fully saturated rings. The number of H-pyrrole nitrogens is 1. The summed E-state index contributed by atoms with van der Waals surface area (Å²) in [5, 5.41) is 0. The van der Waals surface area contributed by atoms with Crippen LogP contribution in [0.3, 0.4) is 0 Å². The second-order valence-corrected chi connectivity index (χ2v) is 6.31. The van der Waals surface area contributed by atoms with Crippen molar-refractivity contribution in [1.82, 2.24) is 14.9 Å². The molecule has 2 heterocycles. The van der Waals surface area contributed by atoms with Crippen LogP contribution in [0.5, 0.6) is 5.75 Å². The van der Waals surface area contributed by atoms with Crippen LogP contribution in [0.15, 0.2) is 24.3 Å². The molecule has 118 valence electrons. The summed E-state index contributed by atoms with van der Waals surface area (Å²) in [4.78, 5) is 10.3. The summed E-state index contributed by atoms with van der Waals surface area (Å²) in [6.45, 7) is 10.1. The number of aryl methyl sites for hydroxylation is 1. The molecule has 0 spiro atoms. The Balaban J connectivity index is 1.54. The highest BCUT2D eigenvalue weighted by Crippen LogP contribution is 2.26. The third-order valence-corrected chi connectivity index (χ3v) is 4.24. The normalized spacial score (nSPS) is 15.1. The van der Waals surface area contributed by atoms with Gasteiger partial charge in [0.1, 0.15) is 18.2 Å². The molecule has 22 heavy (non-hydrogen) atoms. The highest BCUT2D eigenvalue weighted by molar-refractivity contribution is 5.35. The Bertz CT molecular complexity index is 633. The maximum atomic E-state index is 6.03. The molecule has 4 heteroatoms. The van der Waals surface area contributed by atoms with Crippen LogP contribution in [0.2, 0.25) is 0 Å². The molecule has 1 aromatic heterocycles. The van der Waals surface area contributed by atoms with Crippen molar-refractivity contribution in [2.75, 3.05) is 19.7 Å². The van der Waals surface area contributed by atoms with Crippen LogP contribution < -0.4 is 4.74 Å². The van der Waals surface area contributed by atoms with E-state index in [-0.39, 0.29) is 0 Å². The fourth-order valence-electron chi connectivity index (χ4n) is 3.06. The molecule has 0 amide bonds. The molecule has 4 nitrogen and oxygen atoms in total. The number of ether oxygens (including phenoxy) is 1. The molecule has 0 bridgehead atoms. The Morgan fingerprint density at radius 2 is 2.14 bits per heavy atom. The zero-order chi connectivity index (χ0) is 15.5. The summed E-state index contributed by atoms with van der Waals surface area (Å²) in [7, 11) is 0. The monoisotopic (exact) mass is 299 g/mol. The van der Waals surface area contributed by atoms with Crippen molar-refractivity contribution < 1.29 is 4.74 Å². The fourth-order valence-corrected chi connectivity index (χ4v) is 3.06. The van der Waals surface area contributed by atoms with E-state index in [1.807, 2.05) is 13.0 Å². The Kier molecular flexibility index (Phi) is 4.48. The van der Waals surface area contributed by atoms with Crippen molar-refractivity contribution in [2.45, 2.75) is 39.7 Å². The minimum atomic E-state index is 0.488. The van der Waals surface area contributed by atoms with E-state index in [1.165, 1.54) is 17.0 Å². The standard InChI is InChI=1S/C18H25N3O/c1-13(2)15-6-4-5-7-18(15)22-11-10-21-9-8-16-17(12-21)20-14(3)19-16/h4-7,13H,8-12H2,1-3H3,(H,19,20). The topological polar surface area (TPSA) is 41.2 Å². The van der Waals surface area contributed by atoms with Crippen LogP contribution in [0.25, 0.3) is 0 Å². The van der Waals surface area contributed by atoms with Gasteiger partial charge in [0.2, 0.25) is 0 Å². The van der Waals surface area contributed by atoms with Crippen molar-refractivity contribution in [3.05, 3.63) is 47.0 Å². The van der Waals surface area contributed by atoms with Crippen molar-refractivity contribution in [3.8, 4) is 5.75 Å². The van der Waals surface area contributed by atoms with Crippen LogP contribution >= 0.6 is 0 Å². The summed E-state index contributed by atoms with van der Waals surface area (Å²) in [5.41, 5.74) is 3.79. The number of benzene rings is 1. The number of imidazole rings is 1. The molecule has 0 saturated heterocycles. The van der Waals surface area contributed by atoms with E-state index in [4.69, 9.17) is 4.74 Å². The number of aromatic amines is 1. The third kappa shape index (κ3) is 3.33. The predicted molar refractivity (Wildman–Crippen MR) is 88.3 cm³/mol. The second-order valence-electron chi connectivity index (χ2n) is 6.31. The largest absolute Gasteiger partial charge is 0.492 e. The smallest absolute Gasteiger partial charge is 0.122 e. The van der Waals surface area contributed by atoms with Crippen LogP contribution in [0.4, 0.5) is 0 Å². The van der Waals surface area contributed by atoms with Gasteiger partial charge in [0, 0.05) is 26.1 Å². The van der Waals surface area contributed by atoms with Crippen molar-refractivity contribution in [2.24, 2.45) is 0 Å². The zero-order valence-electron chi connectivity index (χ0n) is 13.7. The zero-order valence-corrected chi connectivity index (χ0v) is 13.7. The first-order valence-electron chi connectivity index (χ1n) is 8.12. The predicted octanol–water partition coefficient (Wildman–Crippen LogP) is 3.28. The van der Waals surface area contributed by atoms with Crippen LogP contribution in [0.1, 0.15) is 42.5 Å². The van der Waals surface area contributed by atoms with Crippen LogP contribution in [-0.4, -0.2) is 34.6 Å². The summed E-state index contributed by atoms with van der Waals surface area (Å²) in [6, 6.07) is 8.35. The summed E-state index contributed by atoms with van der Waals surface area (Å²) in [6.07, 6.45) is 1.03. The van der Waals surface area contributed by atoms with E-state index >= 15 is 0 Å². The van der Waals surface area contributed by atoms with Gasteiger partial charge in [0.15, 0.2) is 0 Å². The maximum absolute atomic E-state index is 6.03. The molecular formula is C18H25N3O. The van der Waals surface area contributed by atoms with Gasteiger partial charge in [-0.3, -0.25) is 4.90 Å². The van der Waals surface area contributed by atoms with Crippen LogP contribution in [-0.2, 0) is 13.0 Å². The molecule has 0 radical (unpaired) electrons. The van der Waals surface area contributed by atoms with E-state index in [0.717, 1.165) is 44.2 Å². The highest BCUT2D eigenvalue weighted by Gasteiger charge is 2.19. The van der Waals surface area contributed by atoms with E-state index in [2.05, 4.69) is 46.9 Å². The minimum Gasteiger partial charge on any atom is -0.492 e. The average molecular weight is 299 g/mol. The van der Waals surface area contributed by atoms with Crippen molar-refractivity contribution >= 4 is 0 Å². The number of hydrogen-bond donors (Lipinski definition) is 1.